The minimum Gasteiger partial charge on any atom is -0.374 e. The van der Waals surface area contributed by atoms with E-state index in [1.165, 1.54) is 24.2 Å². The molecule has 1 heteroatoms. The molecule has 0 spiro atoms. The van der Waals surface area contributed by atoms with Gasteiger partial charge in [-0.2, -0.15) is 0 Å². The standard InChI is InChI=1S/C13H15N/c1-14-9-10-5-4-7-11(10)12-6-2-3-8-13(12)14/h2-4,6-8,10-11H,5,9H2,1H3. The predicted molar refractivity (Wildman–Crippen MR) is 59.7 cm³/mol. The number of rotatable bonds is 0. The molecule has 1 heterocycles. The SMILES string of the molecule is CN1CC2CC=CC2c2ccccc21. The van der Waals surface area contributed by atoms with Crippen LogP contribution in [0.2, 0.25) is 0 Å². The van der Waals surface area contributed by atoms with Gasteiger partial charge in [0.05, 0.1) is 0 Å². The lowest BCUT2D eigenvalue weighted by molar-refractivity contribution is 0.489. The highest BCUT2D eigenvalue weighted by molar-refractivity contribution is 5.58. The zero-order valence-corrected chi connectivity index (χ0v) is 8.48. The number of nitrogens with zero attached hydrogens (tertiary/aromatic N) is 1. The molecule has 0 saturated carbocycles. The molecule has 14 heavy (non-hydrogen) atoms. The average Bonchev–Trinajstić information content (AvgIpc) is 2.66. The number of hydrogen-bond donors (Lipinski definition) is 0. The summed E-state index contributed by atoms with van der Waals surface area (Å²) >= 11 is 0. The van der Waals surface area contributed by atoms with Crippen LogP contribution in [0.4, 0.5) is 5.69 Å². The Morgan fingerprint density at radius 1 is 1.29 bits per heavy atom. The highest BCUT2D eigenvalue weighted by Gasteiger charge is 2.31. The molecule has 0 bridgehead atoms. The van der Waals surface area contributed by atoms with E-state index in [1.807, 2.05) is 0 Å². The maximum absolute atomic E-state index is 2.39. The monoisotopic (exact) mass is 185 g/mol. The van der Waals surface area contributed by atoms with Gasteiger partial charge in [-0.15, -0.1) is 0 Å². The fraction of sp³-hybridized carbons (Fsp3) is 0.385. The second-order valence-electron chi connectivity index (χ2n) is 4.39. The summed E-state index contributed by atoms with van der Waals surface area (Å²) in [7, 11) is 2.20. The smallest absolute Gasteiger partial charge is 0.0402 e. The van der Waals surface area contributed by atoms with Gasteiger partial charge >= 0.3 is 0 Å². The molecule has 3 rings (SSSR count). The van der Waals surface area contributed by atoms with Gasteiger partial charge in [0.25, 0.3) is 0 Å². The van der Waals surface area contributed by atoms with E-state index in [4.69, 9.17) is 0 Å². The summed E-state index contributed by atoms with van der Waals surface area (Å²) < 4.78 is 0. The summed E-state index contributed by atoms with van der Waals surface area (Å²) in [4.78, 5) is 2.39. The second-order valence-corrected chi connectivity index (χ2v) is 4.39. The van der Waals surface area contributed by atoms with E-state index in [9.17, 15) is 0 Å². The predicted octanol–water partition coefficient (Wildman–Crippen LogP) is 2.80. The van der Waals surface area contributed by atoms with Gasteiger partial charge in [0.15, 0.2) is 0 Å². The van der Waals surface area contributed by atoms with E-state index >= 15 is 0 Å². The summed E-state index contributed by atoms with van der Waals surface area (Å²) in [5.74, 6) is 1.50. The van der Waals surface area contributed by atoms with Crippen molar-refractivity contribution in [2.45, 2.75) is 12.3 Å². The molecular formula is C13H15N. The quantitative estimate of drug-likeness (QED) is 0.562. The van der Waals surface area contributed by atoms with Crippen LogP contribution in [0.15, 0.2) is 36.4 Å². The Bertz CT molecular complexity index is 381. The second kappa shape index (κ2) is 2.88. The molecular weight excluding hydrogens is 170 g/mol. The number of allylic oxidation sites excluding steroid dienone is 2. The third-order valence-corrected chi connectivity index (χ3v) is 3.51. The summed E-state index contributed by atoms with van der Waals surface area (Å²) in [6.07, 6.45) is 5.98. The van der Waals surface area contributed by atoms with Crippen LogP contribution in [0.5, 0.6) is 0 Å². The van der Waals surface area contributed by atoms with Gasteiger partial charge < -0.3 is 4.90 Å². The van der Waals surface area contributed by atoms with Crippen molar-refractivity contribution < 1.29 is 0 Å². The van der Waals surface area contributed by atoms with Crippen LogP contribution < -0.4 is 4.90 Å². The van der Waals surface area contributed by atoms with Crippen LogP contribution in [0.1, 0.15) is 17.9 Å². The van der Waals surface area contributed by atoms with Crippen molar-refractivity contribution in [3.63, 3.8) is 0 Å². The molecule has 0 amide bonds. The molecule has 0 radical (unpaired) electrons. The Morgan fingerprint density at radius 2 is 2.14 bits per heavy atom. The van der Waals surface area contributed by atoms with Crippen molar-refractivity contribution in [3.05, 3.63) is 42.0 Å². The Balaban J connectivity index is 2.13. The molecule has 72 valence electrons. The maximum Gasteiger partial charge on any atom is 0.0402 e. The molecule has 2 atom stereocenters. The average molecular weight is 185 g/mol. The molecule has 1 nitrogen and oxygen atoms in total. The maximum atomic E-state index is 2.39. The van der Waals surface area contributed by atoms with Gasteiger partial charge in [-0.1, -0.05) is 30.4 Å². The third kappa shape index (κ3) is 1.02. The van der Waals surface area contributed by atoms with Crippen molar-refractivity contribution in [3.8, 4) is 0 Å². The molecule has 0 N–H and O–H groups in total. The summed E-state index contributed by atoms with van der Waals surface area (Å²) in [5, 5.41) is 0. The van der Waals surface area contributed by atoms with Crippen molar-refractivity contribution in [2.24, 2.45) is 5.92 Å². The van der Waals surface area contributed by atoms with E-state index in [1.54, 1.807) is 0 Å². The molecule has 1 aliphatic carbocycles. The zero-order chi connectivity index (χ0) is 9.54. The van der Waals surface area contributed by atoms with E-state index in [0.29, 0.717) is 5.92 Å². The molecule has 0 fully saturated rings. The van der Waals surface area contributed by atoms with Gasteiger partial charge in [0.2, 0.25) is 0 Å². The first-order chi connectivity index (χ1) is 6.86. The third-order valence-electron chi connectivity index (χ3n) is 3.51. The summed E-state index contributed by atoms with van der Waals surface area (Å²) in [6, 6.07) is 8.80. The van der Waals surface area contributed by atoms with Crippen LogP contribution >= 0.6 is 0 Å². The zero-order valence-electron chi connectivity index (χ0n) is 8.48. The topological polar surface area (TPSA) is 3.24 Å². The fourth-order valence-corrected chi connectivity index (χ4v) is 2.82. The van der Waals surface area contributed by atoms with Crippen LogP contribution in [0.3, 0.4) is 0 Å². The van der Waals surface area contributed by atoms with Crippen molar-refractivity contribution in [1.82, 2.24) is 0 Å². The molecule has 0 saturated heterocycles. The van der Waals surface area contributed by atoms with Crippen LogP contribution in [0, 0.1) is 5.92 Å². The van der Waals surface area contributed by atoms with Gasteiger partial charge in [-0.3, -0.25) is 0 Å². The highest BCUT2D eigenvalue weighted by Crippen LogP contribution is 2.43. The minimum absolute atomic E-state index is 0.683. The van der Waals surface area contributed by atoms with Crippen LogP contribution in [-0.4, -0.2) is 13.6 Å². The van der Waals surface area contributed by atoms with Gasteiger partial charge in [0.1, 0.15) is 0 Å². The summed E-state index contributed by atoms with van der Waals surface area (Å²) in [5.41, 5.74) is 2.93. The number of benzene rings is 1. The Hall–Kier alpha value is -1.24. The van der Waals surface area contributed by atoms with Crippen molar-refractivity contribution >= 4 is 5.69 Å². The van der Waals surface area contributed by atoms with Crippen LogP contribution in [0.25, 0.3) is 0 Å². The lowest BCUT2D eigenvalue weighted by Gasteiger charge is -2.35. The molecule has 2 unspecified atom stereocenters. The van der Waals surface area contributed by atoms with E-state index in [2.05, 4.69) is 48.4 Å². The Morgan fingerprint density at radius 3 is 3.07 bits per heavy atom. The minimum atomic E-state index is 0.683. The van der Waals surface area contributed by atoms with Gasteiger partial charge in [-0.25, -0.2) is 0 Å². The first kappa shape index (κ1) is 8.10. The molecule has 1 aromatic carbocycles. The molecule has 2 aliphatic rings. The summed E-state index contributed by atoms with van der Waals surface area (Å²) in [6.45, 7) is 1.20. The van der Waals surface area contributed by atoms with Crippen molar-refractivity contribution in [2.75, 3.05) is 18.5 Å². The number of para-hydroxylation sites is 1. The van der Waals surface area contributed by atoms with E-state index in [-0.39, 0.29) is 0 Å². The fourth-order valence-electron chi connectivity index (χ4n) is 2.82. The van der Waals surface area contributed by atoms with Gasteiger partial charge in [-0.05, 0) is 24.0 Å². The van der Waals surface area contributed by atoms with Gasteiger partial charge in [0, 0.05) is 25.2 Å². The number of anilines is 1. The normalized spacial score (nSPS) is 28.8. The molecule has 0 aromatic heterocycles. The first-order valence-corrected chi connectivity index (χ1v) is 5.33. The largest absolute Gasteiger partial charge is 0.374 e. The molecule has 1 aliphatic heterocycles. The van der Waals surface area contributed by atoms with E-state index in [0.717, 1.165) is 5.92 Å². The highest BCUT2D eigenvalue weighted by atomic mass is 15.1. The molecule has 1 aromatic rings. The lowest BCUT2D eigenvalue weighted by Crippen LogP contribution is -2.32. The van der Waals surface area contributed by atoms with E-state index < -0.39 is 0 Å². The first-order valence-electron chi connectivity index (χ1n) is 5.33. The Kier molecular flexibility index (Phi) is 1.66. The van der Waals surface area contributed by atoms with Crippen LogP contribution in [-0.2, 0) is 0 Å². The number of fused-ring (bicyclic) bond motifs is 3. The number of hydrogen-bond acceptors (Lipinski definition) is 1. The van der Waals surface area contributed by atoms with Crippen molar-refractivity contribution in [1.29, 1.82) is 0 Å². The Labute approximate surface area is 85.0 Å². The lowest BCUT2D eigenvalue weighted by atomic mass is 9.84.